The number of carbonyl (C=O) groups excluding carboxylic acids is 1. The van der Waals surface area contributed by atoms with E-state index in [-0.39, 0.29) is 5.91 Å². The molecule has 4 heteroatoms. The van der Waals surface area contributed by atoms with E-state index in [1.165, 1.54) is 0 Å². The lowest BCUT2D eigenvalue weighted by Gasteiger charge is -2.23. The fraction of sp³-hybridized carbons (Fsp3) is 0.389. The molecular weight excluding hydrogens is 276 g/mol. The van der Waals surface area contributed by atoms with E-state index in [2.05, 4.69) is 5.32 Å². The third-order valence-corrected chi connectivity index (χ3v) is 4.23. The summed E-state index contributed by atoms with van der Waals surface area (Å²) in [5.41, 5.74) is 0.761. The first-order chi connectivity index (χ1) is 10.8. The van der Waals surface area contributed by atoms with Gasteiger partial charge in [-0.2, -0.15) is 0 Å². The summed E-state index contributed by atoms with van der Waals surface area (Å²) in [7, 11) is 0. The number of carbonyl (C=O) groups is 1. The van der Waals surface area contributed by atoms with Crippen LogP contribution in [-0.2, 0) is 4.74 Å². The van der Waals surface area contributed by atoms with Gasteiger partial charge in [0.1, 0.15) is 13.1 Å². The molecule has 0 spiro atoms. The number of nitrogens with one attached hydrogen (secondary N) is 2. The van der Waals surface area contributed by atoms with Crippen molar-refractivity contribution in [3.63, 3.8) is 0 Å². The summed E-state index contributed by atoms with van der Waals surface area (Å²) in [6, 6.07) is 13.9. The van der Waals surface area contributed by atoms with Gasteiger partial charge >= 0.3 is 0 Å². The monoisotopic (exact) mass is 299 g/mol. The van der Waals surface area contributed by atoms with Crippen molar-refractivity contribution in [1.29, 1.82) is 0 Å². The van der Waals surface area contributed by atoms with Crippen LogP contribution in [0, 0.1) is 0 Å². The Morgan fingerprint density at radius 2 is 1.86 bits per heavy atom. The molecule has 2 N–H and O–H groups in total. The molecule has 1 fully saturated rings. The van der Waals surface area contributed by atoms with E-state index in [1.54, 1.807) is 4.90 Å². The zero-order valence-electron chi connectivity index (χ0n) is 12.8. The summed E-state index contributed by atoms with van der Waals surface area (Å²) in [5.74, 6) is 0.0220. The Morgan fingerprint density at radius 1 is 1.09 bits per heavy atom. The molecule has 0 aromatic heterocycles. The third kappa shape index (κ3) is 3.64. The summed E-state index contributed by atoms with van der Waals surface area (Å²) < 4.78 is 5.35. The number of fused-ring (bicyclic) bond motifs is 1. The average molecular weight is 299 g/mol. The molecule has 0 radical (unpaired) electrons. The number of quaternary nitrogens is 1. The third-order valence-electron chi connectivity index (χ3n) is 4.23. The minimum absolute atomic E-state index is 0.0220. The van der Waals surface area contributed by atoms with E-state index in [0.29, 0.717) is 0 Å². The van der Waals surface area contributed by atoms with Crippen LogP contribution < -0.4 is 10.2 Å². The SMILES string of the molecule is O=C(NCCC[NH+]1CCOCC1)c1cccc2ccccc12. The van der Waals surface area contributed by atoms with E-state index in [0.717, 1.165) is 62.1 Å². The topological polar surface area (TPSA) is 42.8 Å². The van der Waals surface area contributed by atoms with Gasteiger partial charge in [-0.3, -0.25) is 4.79 Å². The predicted octanol–water partition coefficient (Wildman–Crippen LogP) is 0.875. The molecule has 0 aliphatic carbocycles. The number of benzene rings is 2. The highest BCUT2D eigenvalue weighted by atomic mass is 16.5. The van der Waals surface area contributed by atoms with Crippen LogP contribution in [0.5, 0.6) is 0 Å². The molecule has 1 heterocycles. The van der Waals surface area contributed by atoms with Crippen LogP contribution in [0.3, 0.4) is 0 Å². The highest BCUT2D eigenvalue weighted by Crippen LogP contribution is 2.18. The maximum atomic E-state index is 12.4. The van der Waals surface area contributed by atoms with Gasteiger partial charge in [0.25, 0.3) is 5.91 Å². The first-order valence-electron chi connectivity index (χ1n) is 8.02. The first-order valence-corrected chi connectivity index (χ1v) is 8.02. The van der Waals surface area contributed by atoms with Crippen molar-refractivity contribution in [2.24, 2.45) is 0 Å². The van der Waals surface area contributed by atoms with Crippen LogP contribution in [0.2, 0.25) is 0 Å². The second-order valence-electron chi connectivity index (χ2n) is 5.75. The summed E-state index contributed by atoms with van der Waals surface area (Å²) in [6.07, 6.45) is 1.01. The van der Waals surface area contributed by atoms with Crippen LogP contribution >= 0.6 is 0 Å². The van der Waals surface area contributed by atoms with Crippen molar-refractivity contribution in [1.82, 2.24) is 5.32 Å². The molecule has 3 rings (SSSR count). The zero-order valence-corrected chi connectivity index (χ0v) is 12.8. The van der Waals surface area contributed by atoms with Crippen molar-refractivity contribution in [2.45, 2.75) is 6.42 Å². The number of amides is 1. The Kier molecular flexibility index (Phi) is 5.03. The van der Waals surface area contributed by atoms with Crippen molar-refractivity contribution in [3.8, 4) is 0 Å². The van der Waals surface area contributed by atoms with E-state index in [1.807, 2.05) is 42.5 Å². The predicted molar refractivity (Wildman–Crippen MR) is 87.3 cm³/mol. The Morgan fingerprint density at radius 3 is 2.73 bits per heavy atom. The molecule has 0 atom stereocenters. The van der Waals surface area contributed by atoms with Gasteiger partial charge in [0.2, 0.25) is 0 Å². The molecule has 1 amide bonds. The maximum Gasteiger partial charge on any atom is 0.251 e. The van der Waals surface area contributed by atoms with Crippen molar-refractivity contribution in [3.05, 3.63) is 48.0 Å². The van der Waals surface area contributed by atoms with Crippen LogP contribution in [-0.4, -0.2) is 45.3 Å². The normalized spacial score (nSPS) is 15.8. The van der Waals surface area contributed by atoms with Gasteiger partial charge < -0.3 is 15.0 Å². The molecule has 4 nitrogen and oxygen atoms in total. The fourth-order valence-corrected chi connectivity index (χ4v) is 2.97. The van der Waals surface area contributed by atoms with E-state index in [4.69, 9.17) is 4.74 Å². The quantitative estimate of drug-likeness (QED) is 0.805. The molecule has 1 saturated heterocycles. The molecule has 0 bridgehead atoms. The number of rotatable bonds is 5. The standard InChI is InChI=1S/C18H22N2O2/c21-18(19-9-4-10-20-11-13-22-14-12-20)17-8-3-6-15-5-1-2-7-16(15)17/h1-3,5-8H,4,9-14H2,(H,19,21)/p+1. The summed E-state index contributed by atoms with van der Waals surface area (Å²) in [4.78, 5) is 13.9. The van der Waals surface area contributed by atoms with Crippen molar-refractivity contribution >= 4 is 16.7 Å². The largest absolute Gasteiger partial charge is 0.370 e. The van der Waals surface area contributed by atoms with E-state index < -0.39 is 0 Å². The number of ether oxygens (including phenoxy) is 1. The van der Waals surface area contributed by atoms with Crippen molar-refractivity contribution < 1.29 is 14.4 Å². The lowest BCUT2D eigenvalue weighted by Crippen LogP contribution is -3.14. The Labute approximate surface area is 131 Å². The highest BCUT2D eigenvalue weighted by molar-refractivity contribution is 6.06. The van der Waals surface area contributed by atoms with Crippen LogP contribution in [0.25, 0.3) is 10.8 Å². The Bertz CT molecular complexity index is 631. The van der Waals surface area contributed by atoms with Gasteiger partial charge in [-0.1, -0.05) is 36.4 Å². The minimum Gasteiger partial charge on any atom is -0.370 e. The van der Waals surface area contributed by atoms with Gasteiger partial charge in [-0.25, -0.2) is 0 Å². The molecule has 1 aliphatic rings. The van der Waals surface area contributed by atoms with E-state index >= 15 is 0 Å². The average Bonchev–Trinajstić information content (AvgIpc) is 2.59. The number of morpholine rings is 1. The molecule has 22 heavy (non-hydrogen) atoms. The summed E-state index contributed by atoms with van der Waals surface area (Å²) in [6.45, 7) is 5.70. The van der Waals surface area contributed by atoms with Gasteiger partial charge in [-0.15, -0.1) is 0 Å². The first kappa shape index (κ1) is 15.0. The summed E-state index contributed by atoms with van der Waals surface area (Å²) in [5, 5.41) is 5.17. The maximum absolute atomic E-state index is 12.4. The Hall–Kier alpha value is -1.91. The van der Waals surface area contributed by atoms with Crippen LogP contribution in [0.4, 0.5) is 0 Å². The zero-order chi connectivity index (χ0) is 15.2. The highest BCUT2D eigenvalue weighted by Gasteiger charge is 2.13. The molecule has 116 valence electrons. The van der Waals surface area contributed by atoms with Crippen LogP contribution in [0.1, 0.15) is 16.8 Å². The van der Waals surface area contributed by atoms with Crippen LogP contribution in [0.15, 0.2) is 42.5 Å². The molecule has 0 unspecified atom stereocenters. The van der Waals surface area contributed by atoms with Crippen molar-refractivity contribution in [2.75, 3.05) is 39.4 Å². The Balaban J connectivity index is 1.53. The van der Waals surface area contributed by atoms with Gasteiger partial charge in [-0.05, 0) is 16.8 Å². The molecular formula is C18H23N2O2+. The summed E-state index contributed by atoms with van der Waals surface area (Å²) >= 11 is 0. The van der Waals surface area contributed by atoms with Gasteiger partial charge in [0, 0.05) is 18.5 Å². The molecule has 2 aromatic rings. The minimum atomic E-state index is 0.0220. The molecule has 2 aromatic carbocycles. The fourth-order valence-electron chi connectivity index (χ4n) is 2.97. The smallest absolute Gasteiger partial charge is 0.251 e. The lowest BCUT2D eigenvalue weighted by atomic mass is 10.0. The lowest BCUT2D eigenvalue weighted by molar-refractivity contribution is -0.908. The second-order valence-corrected chi connectivity index (χ2v) is 5.75. The van der Waals surface area contributed by atoms with Gasteiger partial charge in [0.05, 0.1) is 19.8 Å². The van der Waals surface area contributed by atoms with E-state index in [9.17, 15) is 4.79 Å². The number of hydrogen-bond donors (Lipinski definition) is 2. The molecule has 1 aliphatic heterocycles. The molecule has 0 saturated carbocycles. The van der Waals surface area contributed by atoms with Gasteiger partial charge in [0.15, 0.2) is 0 Å². The number of hydrogen-bond acceptors (Lipinski definition) is 2. The second kappa shape index (κ2) is 7.38.